The lowest BCUT2D eigenvalue weighted by Gasteiger charge is -2.28. The Morgan fingerprint density at radius 2 is 1.97 bits per heavy atom. The fourth-order valence-electron chi connectivity index (χ4n) is 3.89. The van der Waals surface area contributed by atoms with E-state index in [1.165, 1.54) is 11.8 Å². The molecule has 2 heterocycles. The van der Waals surface area contributed by atoms with E-state index in [4.69, 9.17) is 0 Å². The van der Waals surface area contributed by atoms with Gasteiger partial charge in [0.15, 0.2) is 9.84 Å². The first-order chi connectivity index (χ1) is 15.3. The number of amides is 1. The van der Waals surface area contributed by atoms with E-state index in [2.05, 4.69) is 21.6 Å². The summed E-state index contributed by atoms with van der Waals surface area (Å²) in [4.78, 5) is 14.9. The third-order valence-corrected chi connectivity index (χ3v) is 8.17. The Morgan fingerprint density at radius 3 is 2.66 bits per heavy atom. The second kappa shape index (κ2) is 9.41. The first-order valence-electron chi connectivity index (χ1n) is 10.3. The van der Waals surface area contributed by atoms with Crippen LogP contribution in [0.2, 0.25) is 0 Å². The normalized spacial score (nSPS) is 17.4. The molecule has 1 aliphatic rings. The molecule has 4 rings (SSSR count). The average Bonchev–Trinajstić information content (AvgIpc) is 3.37. The number of carbonyl (C=O) groups is 1. The quantitative estimate of drug-likeness (QED) is 0.489. The van der Waals surface area contributed by atoms with Crippen LogP contribution in [0.1, 0.15) is 23.1 Å². The lowest BCUT2D eigenvalue weighted by molar-refractivity contribution is -0.130. The molecule has 1 aromatic heterocycles. The van der Waals surface area contributed by atoms with Crippen LogP contribution in [-0.4, -0.2) is 62.7 Å². The molecule has 3 aromatic rings. The van der Waals surface area contributed by atoms with Crippen molar-refractivity contribution in [1.29, 1.82) is 0 Å². The molecule has 0 bridgehead atoms. The number of benzene rings is 2. The van der Waals surface area contributed by atoms with Crippen molar-refractivity contribution < 1.29 is 13.2 Å². The van der Waals surface area contributed by atoms with Crippen molar-refractivity contribution in [2.45, 2.75) is 38.0 Å². The maximum atomic E-state index is 13.2. The Kier molecular flexibility index (Phi) is 6.61. The maximum absolute atomic E-state index is 13.2. The lowest BCUT2D eigenvalue weighted by atomic mass is 10.1. The van der Waals surface area contributed by atoms with Crippen molar-refractivity contribution in [1.82, 2.24) is 25.1 Å². The highest BCUT2D eigenvalue weighted by atomic mass is 32.2. The van der Waals surface area contributed by atoms with Gasteiger partial charge in [0, 0.05) is 12.6 Å². The molecule has 1 atom stereocenters. The van der Waals surface area contributed by atoms with Crippen molar-refractivity contribution in [3.8, 4) is 5.69 Å². The summed E-state index contributed by atoms with van der Waals surface area (Å²) in [5.74, 6) is 0.121. The van der Waals surface area contributed by atoms with E-state index in [-0.39, 0.29) is 29.2 Å². The first-order valence-corrected chi connectivity index (χ1v) is 13.2. The minimum absolute atomic E-state index is 0.0105. The van der Waals surface area contributed by atoms with Crippen LogP contribution in [0.15, 0.2) is 53.7 Å². The summed E-state index contributed by atoms with van der Waals surface area (Å²) in [6.45, 7) is 4.39. The zero-order valence-corrected chi connectivity index (χ0v) is 19.6. The molecule has 1 aliphatic heterocycles. The van der Waals surface area contributed by atoms with Gasteiger partial charge in [0.05, 0.1) is 22.9 Å². The zero-order valence-electron chi connectivity index (χ0n) is 18.0. The van der Waals surface area contributed by atoms with Crippen molar-refractivity contribution in [2.24, 2.45) is 0 Å². The van der Waals surface area contributed by atoms with Gasteiger partial charge in [-0.25, -0.2) is 8.42 Å². The minimum Gasteiger partial charge on any atom is -0.334 e. The number of carbonyl (C=O) groups excluding carboxylic acids is 1. The maximum Gasteiger partial charge on any atom is 0.233 e. The SMILES string of the molecule is Cc1ccc(-n2nnnc2SCC(=O)N(Cc2ccccc2)[C@@H]2CCS(=O)(=O)C2)c(C)c1. The molecule has 1 amide bonds. The van der Waals surface area contributed by atoms with E-state index in [9.17, 15) is 13.2 Å². The number of hydrogen-bond acceptors (Lipinski definition) is 7. The van der Waals surface area contributed by atoms with Gasteiger partial charge >= 0.3 is 0 Å². The Balaban J connectivity index is 1.51. The number of thioether (sulfide) groups is 1. The van der Waals surface area contributed by atoms with Gasteiger partial charge in [0.1, 0.15) is 0 Å². The predicted molar refractivity (Wildman–Crippen MR) is 123 cm³/mol. The number of nitrogens with zero attached hydrogens (tertiary/aromatic N) is 5. The largest absolute Gasteiger partial charge is 0.334 e. The standard InChI is InChI=1S/C22H25N5O3S2/c1-16-8-9-20(17(2)12-16)27-22(23-24-25-27)31-14-21(28)26(13-18-6-4-3-5-7-18)19-10-11-32(29,30)15-19/h3-9,12,19H,10-11,13-15H2,1-2H3/t19-/m1/s1. The highest BCUT2D eigenvalue weighted by molar-refractivity contribution is 7.99. The average molecular weight is 472 g/mol. The molecular formula is C22H25N5O3S2. The Hall–Kier alpha value is -2.72. The van der Waals surface area contributed by atoms with Crippen LogP contribution in [0.25, 0.3) is 5.69 Å². The topological polar surface area (TPSA) is 98.1 Å². The zero-order chi connectivity index (χ0) is 22.7. The van der Waals surface area contributed by atoms with Crippen LogP contribution in [0.4, 0.5) is 0 Å². The van der Waals surface area contributed by atoms with E-state index in [0.717, 1.165) is 22.4 Å². The summed E-state index contributed by atoms with van der Waals surface area (Å²) in [6, 6.07) is 15.3. The molecule has 2 aromatic carbocycles. The smallest absolute Gasteiger partial charge is 0.233 e. The van der Waals surface area contributed by atoms with Crippen LogP contribution in [0.5, 0.6) is 0 Å². The molecule has 32 heavy (non-hydrogen) atoms. The molecule has 1 saturated heterocycles. The van der Waals surface area contributed by atoms with Crippen molar-refractivity contribution >= 4 is 27.5 Å². The Labute approximate surface area is 191 Å². The number of hydrogen-bond donors (Lipinski definition) is 0. The molecule has 0 unspecified atom stereocenters. The third-order valence-electron chi connectivity index (χ3n) is 5.51. The second-order valence-electron chi connectivity index (χ2n) is 8.02. The second-order valence-corrected chi connectivity index (χ2v) is 11.2. The van der Waals surface area contributed by atoms with E-state index in [1.807, 2.05) is 56.3 Å². The molecule has 168 valence electrons. The predicted octanol–water partition coefficient (Wildman–Crippen LogP) is 2.59. The lowest BCUT2D eigenvalue weighted by Crippen LogP contribution is -2.41. The molecule has 8 nitrogen and oxygen atoms in total. The Bertz CT molecular complexity index is 1210. The molecule has 1 fully saturated rings. The van der Waals surface area contributed by atoms with Crippen LogP contribution >= 0.6 is 11.8 Å². The summed E-state index contributed by atoms with van der Waals surface area (Å²) in [5, 5.41) is 12.5. The van der Waals surface area contributed by atoms with Crippen molar-refractivity contribution in [2.75, 3.05) is 17.3 Å². The van der Waals surface area contributed by atoms with E-state index < -0.39 is 9.84 Å². The molecule has 0 N–H and O–H groups in total. The van der Waals surface area contributed by atoms with Gasteiger partial charge in [0.25, 0.3) is 0 Å². The third kappa shape index (κ3) is 5.18. The highest BCUT2D eigenvalue weighted by Crippen LogP contribution is 2.25. The van der Waals surface area contributed by atoms with Gasteiger partial charge in [0.2, 0.25) is 11.1 Å². The van der Waals surface area contributed by atoms with Gasteiger partial charge in [-0.3, -0.25) is 4.79 Å². The highest BCUT2D eigenvalue weighted by Gasteiger charge is 2.34. The van der Waals surface area contributed by atoms with Gasteiger partial charge < -0.3 is 4.90 Å². The monoisotopic (exact) mass is 471 g/mol. The van der Waals surface area contributed by atoms with Crippen molar-refractivity contribution in [3.05, 3.63) is 65.2 Å². The summed E-state index contributed by atoms with van der Waals surface area (Å²) in [7, 11) is -3.11. The fourth-order valence-corrected chi connectivity index (χ4v) is 6.40. The molecule has 0 aliphatic carbocycles. The number of rotatable bonds is 7. The van der Waals surface area contributed by atoms with Crippen molar-refractivity contribution in [3.63, 3.8) is 0 Å². The van der Waals surface area contributed by atoms with Gasteiger partial charge in [-0.05, 0) is 47.9 Å². The summed E-state index contributed by atoms with van der Waals surface area (Å²) in [6.07, 6.45) is 0.464. The summed E-state index contributed by atoms with van der Waals surface area (Å²) >= 11 is 1.25. The fraction of sp³-hybridized carbons (Fsp3) is 0.364. The van der Waals surface area contributed by atoms with E-state index in [1.54, 1.807) is 9.58 Å². The molecular weight excluding hydrogens is 446 g/mol. The van der Waals surface area contributed by atoms with Crippen LogP contribution in [0, 0.1) is 13.8 Å². The molecule has 0 spiro atoms. The summed E-state index contributed by atoms with van der Waals surface area (Å²) in [5.41, 5.74) is 4.01. The van der Waals surface area contributed by atoms with E-state index in [0.29, 0.717) is 18.1 Å². The number of sulfone groups is 1. The van der Waals surface area contributed by atoms with Crippen LogP contribution in [-0.2, 0) is 21.2 Å². The van der Waals surface area contributed by atoms with Gasteiger partial charge in [-0.1, -0.05) is 59.8 Å². The number of tetrazole rings is 1. The minimum atomic E-state index is -3.11. The van der Waals surface area contributed by atoms with Gasteiger partial charge in [-0.15, -0.1) is 5.10 Å². The molecule has 0 radical (unpaired) electrons. The van der Waals surface area contributed by atoms with Crippen LogP contribution < -0.4 is 0 Å². The Morgan fingerprint density at radius 1 is 1.19 bits per heavy atom. The summed E-state index contributed by atoms with van der Waals surface area (Å²) < 4.78 is 25.7. The number of aromatic nitrogens is 4. The molecule has 0 saturated carbocycles. The van der Waals surface area contributed by atoms with E-state index >= 15 is 0 Å². The van der Waals surface area contributed by atoms with Crippen LogP contribution in [0.3, 0.4) is 0 Å². The van der Waals surface area contributed by atoms with Gasteiger partial charge in [-0.2, -0.15) is 4.68 Å². The number of aryl methyl sites for hydroxylation is 2. The molecule has 10 heteroatoms. The first kappa shape index (κ1) is 22.5.